The zero-order valence-corrected chi connectivity index (χ0v) is 19.4. The Bertz CT molecular complexity index is 1180. The summed E-state index contributed by atoms with van der Waals surface area (Å²) in [4.78, 5) is 33.3. The number of rotatable bonds is 8. The van der Waals surface area contributed by atoms with Crippen molar-refractivity contribution >= 4 is 40.4 Å². The van der Waals surface area contributed by atoms with Gasteiger partial charge in [0, 0.05) is 32.1 Å². The number of hydrogen-bond acceptors (Lipinski definition) is 7. The average molecular weight is 501 g/mol. The number of alkyl halides is 3. The van der Waals surface area contributed by atoms with Gasteiger partial charge >= 0.3 is 6.18 Å². The molecule has 0 aliphatic heterocycles. The topological polar surface area (TPSA) is 102 Å². The smallest absolute Gasteiger partial charge is 0.314 e. The van der Waals surface area contributed by atoms with Crippen molar-refractivity contribution in [3.8, 4) is 0 Å². The van der Waals surface area contributed by atoms with Crippen LogP contribution in [0.1, 0.15) is 55.6 Å². The van der Waals surface area contributed by atoms with E-state index < -0.39 is 22.7 Å². The Morgan fingerprint density at radius 2 is 1.97 bits per heavy atom. The van der Waals surface area contributed by atoms with Crippen molar-refractivity contribution in [3.63, 3.8) is 0 Å². The largest absolute Gasteiger partial charge is 0.418 e. The van der Waals surface area contributed by atoms with E-state index in [1.807, 2.05) is 6.92 Å². The van der Waals surface area contributed by atoms with Gasteiger partial charge in [-0.15, -0.1) is 11.3 Å². The first-order valence-corrected chi connectivity index (χ1v) is 10.9. The summed E-state index contributed by atoms with van der Waals surface area (Å²) >= 11 is 6.60. The number of hydrogen-bond donors (Lipinski definition) is 2. The van der Waals surface area contributed by atoms with Crippen LogP contribution in [0.5, 0.6) is 0 Å². The summed E-state index contributed by atoms with van der Waals surface area (Å²) in [5, 5.41) is 9.44. The summed E-state index contributed by atoms with van der Waals surface area (Å²) in [6.45, 7) is 2.30. The molecule has 3 aromatic rings. The lowest BCUT2D eigenvalue weighted by Gasteiger charge is -2.10. The minimum atomic E-state index is -4.68. The number of carbonyl (C=O) groups excluding carboxylic acids is 2. The first kappa shape index (κ1) is 24.8. The quantitative estimate of drug-likeness (QED) is 0.447. The van der Waals surface area contributed by atoms with Crippen LogP contribution in [0, 0.1) is 0 Å². The number of pyridine rings is 1. The van der Waals surface area contributed by atoms with E-state index in [9.17, 15) is 22.8 Å². The van der Waals surface area contributed by atoms with Gasteiger partial charge in [0.15, 0.2) is 5.78 Å². The van der Waals surface area contributed by atoms with Crippen molar-refractivity contribution in [1.82, 2.24) is 25.1 Å². The molecule has 1 amide bonds. The van der Waals surface area contributed by atoms with Crippen molar-refractivity contribution in [1.29, 1.82) is 0 Å². The van der Waals surface area contributed by atoms with Crippen LogP contribution < -0.4 is 10.6 Å². The number of nitrogens with zero attached hydrogens (tertiary/aromatic N) is 4. The number of nitrogens with one attached hydrogen (secondary N) is 2. The third-order valence-corrected chi connectivity index (χ3v) is 6.30. The van der Waals surface area contributed by atoms with Crippen molar-refractivity contribution in [2.24, 2.45) is 7.05 Å². The second-order valence-electron chi connectivity index (χ2n) is 7.25. The molecule has 13 heteroatoms. The molecule has 176 valence electrons. The number of ketones is 1. The fraction of sp³-hybridized carbons (Fsp3) is 0.350. The third-order valence-electron chi connectivity index (χ3n) is 4.77. The first-order chi connectivity index (χ1) is 15.5. The van der Waals surface area contributed by atoms with Gasteiger partial charge in [0.05, 0.1) is 39.2 Å². The molecule has 3 rings (SSSR count). The number of anilines is 1. The predicted octanol–water partition coefficient (Wildman–Crippen LogP) is 4.29. The molecule has 0 fully saturated rings. The Morgan fingerprint density at radius 3 is 2.64 bits per heavy atom. The highest BCUT2D eigenvalue weighted by atomic mass is 35.5. The zero-order chi connectivity index (χ0) is 24.3. The van der Waals surface area contributed by atoms with Gasteiger partial charge in [0.25, 0.3) is 5.91 Å². The molecule has 3 aromatic heterocycles. The molecule has 0 spiro atoms. The summed E-state index contributed by atoms with van der Waals surface area (Å²) in [6, 6.07) is 0.667. The molecule has 33 heavy (non-hydrogen) atoms. The Kier molecular flexibility index (Phi) is 7.50. The van der Waals surface area contributed by atoms with Gasteiger partial charge in [0.1, 0.15) is 10.7 Å². The second kappa shape index (κ2) is 9.98. The lowest BCUT2D eigenvalue weighted by Crippen LogP contribution is -2.14. The van der Waals surface area contributed by atoms with E-state index in [2.05, 4.69) is 25.7 Å². The molecule has 0 unspecified atom stereocenters. The highest BCUT2D eigenvalue weighted by Gasteiger charge is 2.34. The fourth-order valence-corrected chi connectivity index (χ4v) is 4.15. The Morgan fingerprint density at radius 1 is 1.24 bits per heavy atom. The van der Waals surface area contributed by atoms with Crippen molar-refractivity contribution in [3.05, 3.63) is 56.4 Å². The van der Waals surface area contributed by atoms with Crippen LogP contribution in [0.25, 0.3) is 0 Å². The van der Waals surface area contributed by atoms with Gasteiger partial charge in [-0.3, -0.25) is 14.3 Å². The maximum Gasteiger partial charge on any atom is 0.418 e. The minimum absolute atomic E-state index is 0.105. The van der Waals surface area contributed by atoms with Crippen LogP contribution in [0.2, 0.25) is 5.02 Å². The number of Topliss-reactive ketones (excluding diaryl/α,β-unsaturated/α-hetero) is 1. The van der Waals surface area contributed by atoms with Crippen molar-refractivity contribution in [2.45, 2.75) is 32.0 Å². The molecule has 0 saturated heterocycles. The summed E-state index contributed by atoms with van der Waals surface area (Å²) in [5.74, 6) is -1.34. The number of aryl methyl sites for hydroxylation is 1. The van der Waals surface area contributed by atoms with Gasteiger partial charge in [-0.2, -0.15) is 18.3 Å². The van der Waals surface area contributed by atoms with Gasteiger partial charge in [0.2, 0.25) is 0 Å². The average Bonchev–Trinajstić information content (AvgIpc) is 3.37. The van der Waals surface area contributed by atoms with E-state index in [0.29, 0.717) is 23.2 Å². The number of thiazole rings is 1. The number of halogens is 4. The Balaban J connectivity index is 1.69. The number of aromatic nitrogens is 4. The van der Waals surface area contributed by atoms with E-state index in [0.717, 1.165) is 23.2 Å². The minimum Gasteiger partial charge on any atom is -0.314 e. The molecule has 0 radical (unpaired) electrons. The lowest BCUT2D eigenvalue weighted by atomic mass is 10.0. The van der Waals surface area contributed by atoms with E-state index in [4.69, 9.17) is 11.6 Å². The second-order valence-corrected chi connectivity index (χ2v) is 8.72. The van der Waals surface area contributed by atoms with Gasteiger partial charge in [-0.25, -0.2) is 9.97 Å². The normalized spacial score (nSPS) is 12.6. The highest BCUT2D eigenvalue weighted by molar-refractivity contribution is 7.13. The monoisotopic (exact) mass is 500 g/mol. The van der Waals surface area contributed by atoms with Gasteiger partial charge in [-0.1, -0.05) is 18.5 Å². The Labute approximate surface area is 196 Å². The highest BCUT2D eigenvalue weighted by Crippen LogP contribution is 2.35. The van der Waals surface area contributed by atoms with Crippen LogP contribution in [-0.2, 0) is 19.8 Å². The van der Waals surface area contributed by atoms with E-state index in [-0.39, 0.29) is 28.8 Å². The van der Waals surface area contributed by atoms with Crippen LogP contribution in [0.3, 0.4) is 0 Å². The SMILES string of the molecule is CNCc1c(C(=O)C[C@H](C)c2ncc(C(=O)Nc3cc(C(F)(F)F)c(Cl)cn3)s2)cnn1C. The maximum absolute atomic E-state index is 13.0. The number of amides is 1. The van der Waals surface area contributed by atoms with Crippen molar-refractivity contribution < 1.29 is 22.8 Å². The molecule has 0 aliphatic carbocycles. The van der Waals surface area contributed by atoms with Crippen molar-refractivity contribution in [2.75, 3.05) is 12.4 Å². The Hall–Kier alpha value is -2.83. The molecule has 0 saturated carbocycles. The first-order valence-electron chi connectivity index (χ1n) is 9.69. The maximum atomic E-state index is 13.0. The summed E-state index contributed by atoms with van der Waals surface area (Å²) in [7, 11) is 3.53. The zero-order valence-electron chi connectivity index (χ0n) is 17.8. The van der Waals surface area contributed by atoms with Gasteiger partial charge < -0.3 is 10.6 Å². The lowest BCUT2D eigenvalue weighted by molar-refractivity contribution is -0.137. The molecular formula is C20H20ClF3N6O2S. The standard InChI is InChI=1S/C20H20ClF3N6O2S/c1-10(4-15(31)11-6-28-30(3)14(11)8-25-2)19-27-9-16(33-19)18(32)29-17-5-12(20(22,23)24)13(21)7-26-17/h5-7,9-10,25H,4,8H2,1-3H3,(H,26,29,32)/t10-/m0/s1. The molecule has 0 aromatic carbocycles. The van der Waals surface area contributed by atoms with Crippen LogP contribution >= 0.6 is 22.9 Å². The summed E-state index contributed by atoms with van der Waals surface area (Å²) in [5.41, 5.74) is 0.185. The predicted molar refractivity (Wildman–Crippen MR) is 118 cm³/mol. The molecule has 2 N–H and O–H groups in total. The molecule has 1 atom stereocenters. The van der Waals surface area contributed by atoms with E-state index in [1.165, 1.54) is 12.4 Å². The fourth-order valence-electron chi connectivity index (χ4n) is 3.07. The molecule has 8 nitrogen and oxygen atoms in total. The molecule has 0 bridgehead atoms. The molecule has 0 aliphatic rings. The van der Waals surface area contributed by atoms with Gasteiger partial charge in [-0.05, 0) is 13.1 Å². The van der Waals surface area contributed by atoms with E-state index >= 15 is 0 Å². The summed E-state index contributed by atoms with van der Waals surface area (Å²) < 4.78 is 40.7. The number of carbonyl (C=O) groups is 2. The van der Waals surface area contributed by atoms with Crippen LogP contribution in [-0.4, -0.2) is 38.5 Å². The summed E-state index contributed by atoms with van der Waals surface area (Å²) in [6.07, 6.45) is -0.859. The third kappa shape index (κ3) is 5.75. The van der Waals surface area contributed by atoms with Crippen LogP contribution in [0.4, 0.5) is 19.0 Å². The van der Waals surface area contributed by atoms with E-state index in [1.54, 1.807) is 18.8 Å². The molecular weight excluding hydrogens is 481 g/mol. The van der Waals surface area contributed by atoms with Crippen LogP contribution in [0.15, 0.2) is 24.7 Å². The molecule has 3 heterocycles.